The SMILES string of the molecule is CC[C@H](/C=C(C)/C=C/C(=O)c1c(O)c(-c2ccc(O)cc2)c2n(c1=O)O[C@H]1[C@H](O)CC(=O)O[C@H](C)CCC(=O)[C@H]21)CO. The molecule has 0 amide bonds. The van der Waals surface area contributed by atoms with Crippen molar-refractivity contribution < 1.29 is 44.4 Å². The number of esters is 1. The number of aromatic nitrogens is 1. The molecule has 0 radical (unpaired) electrons. The predicted molar refractivity (Wildman–Crippen MR) is 151 cm³/mol. The summed E-state index contributed by atoms with van der Waals surface area (Å²) in [5, 5.41) is 41.7. The Kier molecular flexibility index (Phi) is 9.33. The number of phenolic OH excluding ortho intramolecular Hbond substituents is 1. The Hall–Kier alpha value is -4.22. The normalized spacial score (nSPS) is 23.6. The van der Waals surface area contributed by atoms with Crippen LogP contribution in [0.3, 0.4) is 0 Å². The van der Waals surface area contributed by atoms with E-state index >= 15 is 0 Å². The summed E-state index contributed by atoms with van der Waals surface area (Å²) in [6, 6.07) is 5.57. The monoisotopic (exact) mass is 581 g/mol. The Bertz CT molecular complexity index is 1480. The van der Waals surface area contributed by atoms with Crippen molar-refractivity contribution in [1.29, 1.82) is 0 Å². The third kappa shape index (κ3) is 6.17. The van der Waals surface area contributed by atoms with Crippen LogP contribution in [-0.2, 0) is 14.3 Å². The van der Waals surface area contributed by atoms with Crippen LogP contribution in [-0.4, -0.2) is 67.6 Å². The van der Waals surface area contributed by atoms with E-state index < -0.39 is 65.1 Å². The summed E-state index contributed by atoms with van der Waals surface area (Å²) in [7, 11) is 0. The van der Waals surface area contributed by atoms with Crippen molar-refractivity contribution in [3.8, 4) is 22.6 Å². The number of hydrogen-bond acceptors (Lipinski definition) is 10. The number of Topliss-reactive ketones (excluding diaryl/α,β-unsaturated/α-hetero) is 1. The van der Waals surface area contributed by atoms with E-state index in [4.69, 9.17) is 9.57 Å². The van der Waals surface area contributed by atoms with Crippen LogP contribution in [0.15, 0.2) is 52.9 Å². The molecule has 0 saturated carbocycles. The number of aliphatic hydroxyl groups excluding tert-OH is 2. The number of ketones is 2. The van der Waals surface area contributed by atoms with Gasteiger partial charge >= 0.3 is 5.97 Å². The highest BCUT2D eigenvalue weighted by atomic mass is 16.7. The maximum absolute atomic E-state index is 13.7. The Morgan fingerprint density at radius 1 is 1.14 bits per heavy atom. The number of benzene rings is 1. The molecule has 0 bridgehead atoms. The summed E-state index contributed by atoms with van der Waals surface area (Å²) in [6.45, 7) is 5.19. The standard InChI is InChI=1S/C31H35NO10/c1-4-18(15-33)13-16(2)5-11-22(36)27-29(39)25(19-7-9-20(34)10-8-19)28-26-21(35)12-6-17(3)41-24(38)14-23(37)30(26)42-32(28)31(27)40/h5,7-11,13,17-18,23,26,30,33-34,37,39H,4,6,12,14-15H2,1-3H3/b11-5+,16-13+/t17-,18-,23-,26-,30+/m1/s1. The van der Waals surface area contributed by atoms with E-state index in [-0.39, 0.29) is 47.9 Å². The predicted octanol–water partition coefficient (Wildman–Crippen LogP) is 2.57. The molecule has 1 aromatic heterocycles. The fourth-order valence-corrected chi connectivity index (χ4v) is 5.28. The third-order valence-electron chi connectivity index (χ3n) is 7.59. The number of hydrogen-bond donors (Lipinski definition) is 4. The Morgan fingerprint density at radius 3 is 2.48 bits per heavy atom. The van der Waals surface area contributed by atoms with E-state index in [1.54, 1.807) is 19.9 Å². The van der Waals surface area contributed by atoms with Crippen LogP contribution in [0.4, 0.5) is 0 Å². The summed E-state index contributed by atoms with van der Waals surface area (Å²) in [5.74, 6) is -4.10. The summed E-state index contributed by atoms with van der Waals surface area (Å²) in [4.78, 5) is 58.8. The number of aromatic hydroxyl groups is 2. The van der Waals surface area contributed by atoms with Gasteiger partial charge in [0, 0.05) is 24.5 Å². The van der Waals surface area contributed by atoms with Crippen LogP contribution in [0.2, 0.25) is 0 Å². The molecule has 4 N–H and O–H groups in total. The zero-order chi connectivity index (χ0) is 30.7. The zero-order valence-electron chi connectivity index (χ0n) is 23.6. The van der Waals surface area contributed by atoms with Gasteiger partial charge in [-0.05, 0) is 50.5 Å². The molecule has 0 spiro atoms. The summed E-state index contributed by atoms with van der Waals surface area (Å²) < 4.78 is 5.99. The van der Waals surface area contributed by atoms with E-state index in [0.717, 1.165) is 10.8 Å². The van der Waals surface area contributed by atoms with Crippen LogP contribution >= 0.6 is 0 Å². The Labute approximate surface area is 242 Å². The molecule has 1 fully saturated rings. The molecular formula is C31H35NO10. The van der Waals surface area contributed by atoms with Gasteiger partial charge in [0.25, 0.3) is 5.56 Å². The smallest absolute Gasteiger partial charge is 0.308 e. The van der Waals surface area contributed by atoms with Crippen LogP contribution in [0, 0.1) is 5.92 Å². The van der Waals surface area contributed by atoms with E-state index in [9.17, 15) is 39.6 Å². The van der Waals surface area contributed by atoms with Crippen molar-refractivity contribution in [2.45, 2.75) is 70.7 Å². The van der Waals surface area contributed by atoms with Crippen molar-refractivity contribution in [2.24, 2.45) is 5.92 Å². The first-order valence-electron chi connectivity index (χ1n) is 13.9. The highest BCUT2D eigenvalue weighted by molar-refractivity contribution is 6.08. The van der Waals surface area contributed by atoms with Crippen molar-refractivity contribution in [3.63, 3.8) is 0 Å². The first-order chi connectivity index (χ1) is 20.0. The van der Waals surface area contributed by atoms with Crippen molar-refractivity contribution in [2.75, 3.05) is 6.61 Å². The van der Waals surface area contributed by atoms with Gasteiger partial charge in [0.05, 0.1) is 18.2 Å². The average Bonchev–Trinajstić information content (AvgIpc) is 3.35. The molecule has 4 rings (SSSR count). The van der Waals surface area contributed by atoms with Crippen LogP contribution < -0.4 is 10.4 Å². The molecule has 2 aliphatic heterocycles. The lowest BCUT2D eigenvalue weighted by molar-refractivity contribution is -0.155. The summed E-state index contributed by atoms with van der Waals surface area (Å²) >= 11 is 0. The fourth-order valence-electron chi connectivity index (χ4n) is 5.28. The molecular weight excluding hydrogens is 546 g/mol. The molecule has 2 aliphatic rings. The molecule has 0 aliphatic carbocycles. The number of pyridine rings is 1. The molecule has 11 nitrogen and oxygen atoms in total. The molecule has 1 saturated heterocycles. The van der Waals surface area contributed by atoms with Crippen LogP contribution in [0.25, 0.3) is 11.1 Å². The molecule has 42 heavy (non-hydrogen) atoms. The van der Waals surface area contributed by atoms with E-state index in [1.807, 2.05) is 6.92 Å². The minimum Gasteiger partial charge on any atom is -0.508 e. The molecule has 5 atom stereocenters. The number of nitrogens with zero attached hydrogens (tertiary/aromatic N) is 1. The maximum Gasteiger partial charge on any atom is 0.308 e. The lowest BCUT2D eigenvalue weighted by Crippen LogP contribution is -2.41. The molecule has 2 aromatic rings. The van der Waals surface area contributed by atoms with Crippen LogP contribution in [0.5, 0.6) is 11.5 Å². The number of carbonyl (C=O) groups excluding carboxylic acids is 3. The topological polar surface area (TPSA) is 173 Å². The third-order valence-corrected chi connectivity index (χ3v) is 7.59. The number of fused-ring (bicyclic) bond motifs is 3. The second-order valence-corrected chi connectivity index (χ2v) is 10.7. The highest BCUT2D eigenvalue weighted by Gasteiger charge is 2.48. The first kappa shape index (κ1) is 30.7. The number of phenols is 1. The second kappa shape index (κ2) is 12.7. The Morgan fingerprint density at radius 2 is 1.83 bits per heavy atom. The summed E-state index contributed by atoms with van der Waals surface area (Å²) in [6.07, 6.45) is 1.14. The number of carbonyl (C=O) groups is 3. The first-order valence-corrected chi connectivity index (χ1v) is 13.9. The number of cyclic esters (lactones) is 1. The van der Waals surface area contributed by atoms with E-state index in [2.05, 4.69) is 0 Å². The second-order valence-electron chi connectivity index (χ2n) is 10.7. The van der Waals surface area contributed by atoms with Gasteiger partial charge in [-0.2, -0.15) is 0 Å². The Balaban J connectivity index is 1.91. The summed E-state index contributed by atoms with van der Waals surface area (Å²) in [5.41, 5.74) is -0.858. The minimum absolute atomic E-state index is 0.0503. The largest absolute Gasteiger partial charge is 0.508 e. The van der Waals surface area contributed by atoms with Gasteiger partial charge in [-0.3, -0.25) is 19.2 Å². The highest BCUT2D eigenvalue weighted by Crippen LogP contribution is 2.43. The lowest BCUT2D eigenvalue weighted by atomic mass is 9.83. The van der Waals surface area contributed by atoms with Gasteiger partial charge in [-0.15, -0.1) is 4.73 Å². The van der Waals surface area contributed by atoms with E-state index in [1.165, 1.54) is 30.3 Å². The molecule has 0 unspecified atom stereocenters. The van der Waals surface area contributed by atoms with E-state index in [0.29, 0.717) is 12.0 Å². The van der Waals surface area contributed by atoms with Crippen LogP contribution in [0.1, 0.15) is 68.4 Å². The van der Waals surface area contributed by atoms with Gasteiger partial charge in [0.15, 0.2) is 11.9 Å². The van der Waals surface area contributed by atoms with Gasteiger partial charge < -0.3 is 30.0 Å². The van der Waals surface area contributed by atoms with Crippen molar-refractivity contribution >= 4 is 17.5 Å². The number of allylic oxidation sites excluding steroid dienone is 3. The molecule has 1 aromatic carbocycles. The average molecular weight is 582 g/mol. The molecule has 224 valence electrons. The minimum atomic E-state index is -1.55. The van der Waals surface area contributed by atoms with Crippen molar-refractivity contribution in [1.82, 2.24) is 4.73 Å². The maximum atomic E-state index is 13.7. The fraction of sp³-hybridized carbons (Fsp3) is 0.419. The molecule has 11 heteroatoms. The number of rotatable bonds is 7. The zero-order valence-corrected chi connectivity index (χ0v) is 23.6. The van der Waals surface area contributed by atoms with Gasteiger partial charge in [-0.1, -0.05) is 36.8 Å². The molecule has 3 heterocycles. The van der Waals surface area contributed by atoms with Gasteiger partial charge in [0.1, 0.15) is 34.9 Å². The number of ether oxygens (including phenoxy) is 1. The van der Waals surface area contributed by atoms with Gasteiger partial charge in [0.2, 0.25) is 0 Å². The number of aliphatic hydroxyl groups is 2. The quantitative estimate of drug-likeness (QED) is 0.165. The van der Waals surface area contributed by atoms with Gasteiger partial charge in [-0.25, -0.2) is 0 Å². The van der Waals surface area contributed by atoms with Crippen molar-refractivity contribution in [3.05, 3.63) is 69.7 Å². The lowest BCUT2D eigenvalue weighted by Gasteiger charge is -2.24.